The van der Waals surface area contributed by atoms with Crippen LogP contribution < -0.4 is 10.6 Å². The summed E-state index contributed by atoms with van der Waals surface area (Å²) in [7, 11) is 7.69. The smallest absolute Gasteiger partial charge is 0.408 e. The molecule has 4 aromatic rings. The molecule has 1 aliphatic heterocycles. The third-order valence-corrected chi connectivity index (χ3v) is 10.9. The van der Waals surface area contributed by atoms with Crippen molar-refractivity contribution >= 4 is 24.0 Å². The molecule has 0 saturated carbocycles. The van der Waals surface area contributed by atoms with Crippen LogP contribution in [-0.4, -0.2) is 113 Å². The van der Waals surface area contributed by atoms with E-state index in [9.17, 15) is 19.2 Å². The van der Waals surface area contributed by atoms with E-state index >= 15 is 0 Å². The lowest BCUT2D eigenvalue weighted by Crippen LogP contribution is -2.55. The predicted octanol–water partition coefficient (Wildman–Crippen LogP) is 5.43. The van der Waals surface area contributed by atoms with Gasteiger partial charge in [0.15, 0.2) is 6.17 Å². The first-order valence-corrected chi connectivity index (χ1v) is 19.1. The number of alkyl carbamates (subject to hydrolysis) is 2. The highest BCUT2D eigenvalue weighted by atomic mass is 16.5. The maximum absolute atomic E-state index is 13.6. The van der Waals surface area contributed by atoms with E-state index in [1.807, 2.05) is 31.9 Å². The number of fused-ring (bicyclic) bond motifs is 3. The minimum atomic E-state index is -0.894. The SMILES string of the molecule is COC(=O)N[C@H](C(=O)N1CCC[C@H]1c1ncc(-c2ccc(-c3ccc4c(c3)CCCc3[nH]c([C@H](C)N(C)C(=O)[C@@H](NC(=O)OC)N(C)C)nc3-4)cc2)[nH]1)C(C)C. The quantitative estimate of drug-likeness (QED) is 0.145. The Labute approximate surface area is 327 Å². The van der Waals surface area contributed by atoms with Crippen LogP contribution in [0.5, 0.6) is 0 Å². The van der Waals surface area contributed by atoms with Crippen molar-refractivity contribution in [3.05, 3.63) is 71.6 Å². The molecule has 4 amide bonds. The molecule has 1 saturated heterocycles. The fourth-order valence-corrected chi connectivity index (χ4v) is 7.54. The molecular formula is C41H53N9O6. The Morgan fingerprint density at radius 3 is 2.23 bits per heavy atom. The Morgan fingerprint density at radius 2 is 1.55 bits per heavy atom. The number of aromatic amines is 2. The van der Waals surface area contributed by atoms with Gasteiger partial charge < -0.3 is 34.6 Å². The summed E-state index contributed by atoms with van der Waals surface area (Å²) in [4.78, 5) is 72.6. The van der Waals surface area contributed by atoms with E-state index in [2.05, 4.69) is 63.1 Å². The van der Waals surface area contributed by atoms with E-state index in [-0.39, 0.29) is 29.8 Å². The van der Waals surface area contributed by atoms with Crippen molar-refractivity contribution in [3.63, 3.8) is 0 Å². The molecule has 4 N–H and O–H groups in total. The van der Waals surface area contributed by atoms with Gasteiger partial charge in [0.05, 0.1) is 43.9 Å². The van der Waals surface area contributed by atoms with Crippen molar-refractivity contribution < 1.29 is 28.7 Å². The zero-order chi connectivity index (χ0) is 40.3. The molecule has 1 aliphatic carbocycles. The molecule has 6 rings (SSSR count). The molecule has 0 spiro atoms. The number of ether oxygens (including phenoxy) is 2. The molecule has 15 nitrogen and oxygen atoms in total. The largest absolute Gasteiger partial charge is 0.453 e. The molecule has 56 heavy (non-hydrogen) atoms. The van der Waals surface area contributed by atoms with Gasteiger partial charge in [0.2, 0.25) is 5.91 Å². The number of H-pyrrole nitrogens is 2. The molecule has 0 radical (unpaired) electrons. The summed E-state index contributed by atoms with van der Waals surface area (Å²) in [5, 5.41) is 5.29. The lowest BCUT2D eigenvalue weighted by Gasteiger charge is -2.31. The minimum Gasteiger partial charge on any atom is -0.453 e. The van der Waals surface area contributed by atoms with Gasteiger partial charge in [-0.2, -0.15) is 0 Å². The normalized spacial score (nSPS) is 16.7. The lowest BCUT2D eigenvalue weighted by atomic mass is 9.95. The van der Waals surface area contributed by atoms with Crippen LogP contribution in [0.3, 0.4) is 0 Å². The number of nitrogens with one attached hydrogen (secondary N) is 4. The lowest BCUT2D eigenvalue weighted by molar-refractivity contribution is -0.138. The number of aryl methyl sites for hydroxylation is 2. The van der Waals surface area contributed by atoms with Crippen LogP contribution in [0.15, 0.2) is 48.7 Å². The summed E-state index contributed by atoms with van der Waals surface area (Å²) in [6.45, 7) is 6.31. The number of methoxy groups -OCH3 is 2. The molecule has 4 atom stereocenters. The second-order valence-corrected chi connectivity index (χ2v) is 15.1. The van der Waals surface area contributed by atoms with Crippen molar-refractivity contribution in [2.24, 2.45) is 5.92 Å². The summed E-state index contributed by atoms with van der Waals surface area (Å²) in [6, 6.07) is 13.6. The molecule has 2 aromatic carbocycles. The highest BCUT2D eigenvalue weighted by Crippen LogP contribution is 2.37. The van der Waals surface area contributed by atoms with Gasteiger partial charge >= 0.3 is 12.2 Å². The monoisotopic (exact) mass is 767 g/mol. The number of hydrogen-bond acceptors (Lipinski definition) is 9. The van der Waals surface area contributed by atoms with Crippen LogP contribution in [0.2, 0.25) is 0 Å². The molecule has 2 aliphatic rings. The Hall–Kier alpha value is -5.70. The van der Waals surface area contributed by atoms with Gasteiger partial charge in [-0.05, 0) is 81.3 Å². The minimum absolute atomic E-state index is 0.106. The van der Waals surface area contributed by atoms with E-state index in [1.54, 1.807) is 30.9 Å². The van der Waals surface area contributed by atoms with Gasteiger partial charge in [-0.1, -0.05) is 56.3 Å². The van der Waals surface area contributed by atoms with Crippen molar-refractivity contribution in [3.8, 4) is 33.6 Å². The predicted molar refractivity (Wildman–Crippen MR) is 211 cm³/mol. The maximum atomic E-state index is 13.6. The van der Waals surface area contributed by atoms with Gasteiger partial charge in [0, 0.05) is 24.8 Å². The standard InChI is InChI=1S/C41H53N9O6/c1-23(2)33(46-40(53)55-7)38(51)50-20-10-13-32(50)36-42-22-31(44-36)26-16-14-25(15-17-26)27-18-19-29-28(21-27)11-9-12-30-34(29)45-35(43-30)24(3)49(6)39(52)37(48(4)5)47-41(54)56-8/h14-19,21-24,32-33,37H,9-13,20H2,1-8H3,(H,42,44)(H,43,45)(H,46,53)(H,47,54)/t24-,32-,33-,37-/m0/s1. The number of rotatable bonds is 11. The third kappa shape index (κ3) is 8.27. The second kappa shape index (κ2) is 17.0. The summed E-state index contributed by atoms with van der Waals surface area (Å²) in [5.41, 5.74) is 8.26. The third-order valence-electron chi connectivity index (χ3n) is 10.9. The Morgan fingerprint density at radius 1 is 0.875 bits per heavy atom. The summed E-state index contributed by atoms with van der Waals surface area (Å²) < 4.78 is 9.48. The number of amides is 4. The summed E-state index contributed by atoms with van der Waals surface area (Å²) >= 11 is 0. The van der Waals surface area contributed by atoms with E-state index in [1.165, 1.54) is 19.8 Å². The molecule has 3 heterocycles. The maximum Gasteiger partial charge on any atom is 0.408 e. The number of carbonyl (C=O) groups excluding carboxylic acids is 4. The van der Waals surface area contributed by atoms with Crippen molar-refractivity contribution in [2.45, 2.75) is 77.2 Å². The fourth-order valence-electron chi connectivity index (χ4n) is 7.54. The van der Waals surface area contributed by atoms with Gasteiger partial charge in [0.25, 0.3) is 5.91 Å². The van der Waals surface area contributed by atoms with Gasteiger partial charge in [-0.15, -0.1) is 0 Å². The first-order chi connectivity index (χ1) is 26.8. The molecular weight excluding hydrogens is 715 g/mol. The number of nitrogens with zero attached hydrogens (tertiary/aromatic N) is 5. The number of hydrogen-bond donors (Lipinski definition) is 4. The molecule has 15 heteroatoms. The average molecular weight is 768 g/mol. The second-order valence-electron chi connectivity index (χ2n) is 15.1. The highest BCUT2D eigenvalue weighted by Gasteiger charge is 2.37. The topological polar surface area (TPSA) is 178 Å². The van der Waals surface area contributed by atoms with Gasteiger partial charge in [-0.3, -0.25) is 19.8 Å². The number of carbonyl (C=O) groups is 4. The van der Waals surface area contributed by atoms with Gasteiger partial charge in [-0.25, -0.2) is 19.6 Å². The molecule has 1 fully saturated rings. The van der Waals surface area contributed by atoms with Crippen LogP contribution in [0, 0.1) is 5.92 Å². The average Bonchev–Trinajstić information content (AvgIpc) is 3.96. The molecule has 0 unspecified atom stereocenters. The highest BCUT2D eigenvalue weighted by molar-refractivity contribution is 5.87. The van der Waals surface area contributed by atoms with E-state index in [0.29, 0.717) is 12.4 Å². The van der Waals surface area contributed by atoms with Crippen LogP contribution in [0.4, 0.5) is 9.59 Å². The van der Waals surface area contributed by atoms with E-state index in [4.69, 9.17) is 19.4 Å². The molecule has 0 bridgehead atoms. The van der Waals surface area contributed by atoms with Crippen LogP contribution >= 0.6 is 0 Å². The van der Waals surface area contributed by atoms with Gasteiger partial charge in [0.1, 0.15) is 17.7 Å². The first kappa shape index (κ1) is 40.0. The number of likely N-dealkylation sites (tertiary alicyclic amines) is 1. The van der Waals surface area contributed by atoms with E-state index in [0.717, 1.165) is 77.3 Å². The van der Waals surface area contributed by atoms with Crippen molar-refractivity contribution in [1.82, 2.24) is 45.3 Å². The Kier molecular flexibility index (Phi) is 12.1. The fraction of sp³-hybridized carbons (Fsp3) is 0.463. The Balaban J connectivity index is 1.16. The number of aromatic nitrogens is 4. The van der Waals surface area contributed by atoms with E-state index < -0.39 is 24.4 Å². The number of likely N-dealkylation sites (N-methyl/N-ethyl adjacent to an activating group) is 2. The summed E-state index contributed by atoms with van der Waals surface area (Å²) in [5.74, 6) is 0.868. The van der Waals surface area contributed by atoms with Crippen LogP contribution in [0.25, 0.3) is 33.6 Å². The van der Waals surface area contributed by atoms with Crippen molar-refractivity contribution in [1.29, 1.82) is 0 Å². The number of imidazole rings is 2. The van der Waals surface area contributed by atoms with Crippen LogP contribution in [-0.2, 0) is 31.9 Å². The van der Waals surface area contributed by atoms with Crippen LogP contribution in [0.1, 0.15) is 75.0 Å². The van der Waals surface area contributed by atoms with Crippen molar-refractivity contribution in [2.75, 3.05) is 41.9 Å². The zero-order valence-corrected chi connectivity index (χ0v) is 33.4. The molecule has 298 valence electrons. The Bertz CT molecular complexity index is 2060. The first-order valence-electron chi connectivity index (χ1n) is 19.1. The summed E-state index contributed by atoms with van der Waals surface area (Å²) in [6.07, 6.45) is 3.93. The number of benzene rings is 2. The molecule has 2 aromatic heterocycles. The zero-order valence-electron chi connectivity index (χ0n) is 33.4.